The maximum absolute atomic E-state index is 12.7. The lowest BCUT2D eigenvalue weighted by molar-refractivity contribution is 0.102. The van der Waals surface area contributed by atoms with E-state index in [0.29, 0.717) is 5.56 Å². The van der Waals surface area contributed by atoms with Crippen LogP contribution >= 0.6 is 0 Å². The number of amides is 1. The van der Waals surface area contributed by atoms with Gasteiger partial charge in [0, 0.05) is 23.8 Å². The minimum absolute atomic E-state index is 0.131. The van der Waals surface area contributed by atoms with Crippen molar-refractivity contribution in [1.82, 2.24) is 14.8 Å². The minimum Gasteiger partial charge on any atom is -0.321 e. The first-order chi connectivity index (χ1) is 11.0. The van der Waals surface area contributed by atoms with Crippen molar-refractivity contribution in [2.45, 2.75) is 34.2 Å². The van der Waals surface area contributed by atoms with Crippen LogP contribution in [0.15, 0.2) is 30.5 Å². The van der Waals surface area contributed by atoms with Crippen molar-refractivity contribution in [3.8, 4) is 0 Å². The average Bonchev–Trinajstić information content (AvgIpc) is 2.84. The molecule has 0 aliphatic heterocycles. The summed E-state index contributed by atoms with van der Waals surface area (Å²) >= 11 is 0. The summed E-state index contributed by atoms with van der Waals surface area (Å²) in [7, 11) is 0. The fourth-order valence-corrected chi connectivity index (χ4v) is 2.94. The van der Waals surface area contributed by atoms with Crippen molar-refractivity contribution in [3.63, 3.8) is 0 Å². The number of hydrogen-bond donors (Lipinski definition) is 1. The third-order valence-corrected chi connectivity index (χ3v) is 4.13. The average molecular weight is 308 g/mol. The zero-order valence-electron chi connectivity index (χ0n) is 13.8. The highest BCUT2D eigenvalue weighted by atomic mass is 16.1. The molecule has 3 rings (SSSR count). The Bertz CT molecular complexity index is 895. The second-order valence-electron chi connectivity index (χ2n) is 5.65. The Labute approximate surface area is 135 Å². The summed E-state index contributed by atoms with van der Waals surface area (Å²) in [5.74, 6) is -0.131. The van der Waals surface area contributed by atoms with Crippen molar-refractivity contribution >= 4 is 22.5 Å². The molecule has 0 bridgehead atoms. The summed E-state index contributed by atoms with van der Waals surface area (Å²) < 4.78 is 1.85. The lowest BCUT2D eigenvalue weighted by Crippen LogP contribution is -2.14. The lowest BCUT2D eigenvalue weighted by atomic mass is 10.1. The smallest absolute Gasteiger partial charge is 0.259 e. The molecule has 0 saturated carbocycles. The summed E-state index contributed by atoms with van der Waals surface area (Å²) in [5.41, 5.74) is 5.04. The van der Waals surface area contributed by atoms with E-state index in [1.54, 1.807) is 6.20 Å². The Balaban J connectivity index is 2.02. The van der Waals surface area contributed by atoms with E-state index >= 15 is 0 Å². The topological polar surface area (TPSA) is 59.8 Å². The minimum atomic E-state index is -0.131. The van der Waals surface area contributed by atoms with Gasteiger partial charge in [-0.1, -0.05) is 6.07 Å². The van der Waals surface area contributed by atoms with Crippen molar-refractivity contribution in [3.05, 3.63) is 53.0 Å². The van der Waals surface area contributed by atoms with Crippen molar-refractivity contribution < 1.29 is 4.79 Å². The number of nitrogens with one attached hydrogen (secondary N) is 1. The number of nitrogens with zero attached hydrogens (tertiary/aromatic N) is 3. The number of rotatable bonds is 3. The molecular weight excluding hydrogens is 288 g/mol. The number of fused-ring (bicyclic) bond motifs is 1. The first-order valence-corrected chi connectivity index (χ1v) is 7.72. The number of pyridine rings is 1. The van der Waals surface area contributed by atoms with Gasteiger partial charge in [-0.25, -0.2) is 0 Å². The first-order valence-electron chi connectivity index (χ1n) is 7.72. The van der Waals surface area contributed by atoms with E-state index in [4.69, 9.17) is 0 Å². The maximum atomic E-state index is 12.7. The fraction of sp³-hybridized carbons (Fsp3) is 0.278. The molecule has 0 atom stereocenters. The lowest BCUT2D eigenvalue weighted by Gasteiger charge is -2.10. The molecule has 0 fully saturated rings. The first kappa shape index (κ1) is 15.2. The van der Waals surface area contributed by atoms with Crippen LogP contribution in [0.1, 0.15) is 34.2 Å². The maximum Gasteiger partial charge on any atom is 0.259 e. The molecule has 0 aliphatic carbocycles. The second-order valence-corrected chi connectivity index (χ2v) is 5.65. The van der Waals surface area contributed by atoms with Gasteiger partial charge >= 0.3 is 0 Å². The van der Waals surface area contributed by atoms with Crippen LogP contribution in [0, 0.1) is 20.8 Å². The fourth-order valence-electron chi connectivity index (χ4n) is 2.94. The number of carbonyl (C=O) groups is 1. The zero-order valence-corrected chi connectivity index (χ0v) is 13.8. The SMILES string of the molecule is CCn1nc(C)c(C(=O)Nc2ccc(C)c3ncccc23)c1C. The highest BCUT2D eigenvalue weighted by Gasteiger charge is 2.19. The van der Waals surface area contributed by atoms with Gasteiger partial charge < -0.3 is 5.32 Å². The number of carbonyl (C=O) groups excluding carboxylic acids is 1. The summed E-state index contributed by atoms with van der Waals surface area (Å²) in [6.07, 6.45) is 1.76. The van der Waals surface area contributed by atoms with Crippen LogP contribution in [-0.2, 0) is 6.54 Å². The van der Waals surface area contributed by atoms with E-state index in [1.165, 1.54) is 0 Å². The highest BCUT2D eigenvalue weighted by Crippen LogP contribution is 2.25. The summed E-state index contributed by atoms with van der Waals surface area (Å²) in [6, 6.07) is 7.75. The molecule has 0 aliphatic rings. The molecule has 0 radical (unpaired) electrons. The molecule has 2 aromatic heterocycles. The Kier molecular flexibility index (Phi) is 3.86. The van der Waals surface area contributed by atoms with Crippen molar-refractivity contribution in [2.75, 3.05) is 5.32 Å². The van der Waals surface area contributed by atoms with Gasteiger partial charge in [-0.2, -0.15) is 5.10 Å². The van der Waals surface area contributed by atoms with Crippen LogP contribution in [-0.4, -0.2) is 20.7 Å². The van der Waals surface area contributed by atoms with Gasteiger partial charge in [-0.3, -0.25) is 14.5 Å². The Morgan fingerprint density at radius 3 is 2.70 bits per heavy atom. The van der Waals surface area contributed by atoms with Crippen LogP contribution in [0.2, 0.25) is 0 Å². The largest absolute Gasteiger partial charge is 0.321 e. The number of benzene rings is 1. The van der Waals surface area contributed by atoms with E-state index in [2.05, 4.69) is 15.4 Å². The summed E-state index contributed by atoms with van der Waals surface area (Å²) in [5, 5.41) is 8.37. The van der Waals surface area contributed by atoms with Gasteiger partial charge in [0.15, 0.2) is 0 Å². The van der Waals surface area contributed by atoms with E-state index in [9.17, 15) is 4.79 Å². The predicted molar refractivity (Wildman–Crippen MR) is 91.8 cm³/mol. The molecule has 0 spiro atoms. The number of aromatic nitrogens is 3. The predicted octanol–water partition coefficient (Wildman–Crippen LogP) is 3.63. The van der Waals surface area contributed by atoms with Gasteiger partial charge in [0.05, 0.1) is 22.5 Å². The van der Waals surface area contributed by atoms with Crippen LogP contribution in [0.25, 0.3) is 10.9 Å². The van der Waals surface area contributed by atoms with E-state index < -0.39 is 0 Å². The van der Waals surface area contributed by atoms with E-state index in [1.807, 2.05) is 56.6 Å². The zero-order chi connectivity index (χ0) is 16.6. The monoisotopic (exact) mass is 308 g/mol. The van der Waals surface area contributed by atoms with Gasteiger partial charge in [-0.15, -0.1) is 0 Å². The Morgan fingerprint density at radius 2 is 2.00 bits per heavy atom. The van der Waals surface area contributed by atoms with Gasteiger partial charge in [-0.05, 0) is 51.5 Å². The van der Waals surface area contributed by atoms with E-state index in [-0.39, 0.29) is 5.91 Å². The van der Waals surface area contributed by atoms with Crippen LogP contribution < -0.4 is 5.32 Å². The summed E-state index contributed by atoms with van der Waals surface area (Å²) in [4.78, 5) is 17.1. The second kappa shape index (κ2) is 5.83. The molecule has 5 heteroatoms. The Hall–Kier alpha value is -2.69. The molecule has 1 aromatic carbocycles. The number of hydrogen-bond acceptors (Lipinski definition) is 3. The quantitative estimate of drug-likeness (QED) is 0.803. The van der Waals surface area contributed by atoms with Gasteiger partial charge in [0.25, 0.3) is 5.91 Å². The molecule has 23 heavy (non-hydrogen) atoms. The number of anilines is 1. The van der Waals surface area contributed by atoms with E-state index in [0.717, 1.165) is 40.1 Å². The van der Waals surface area contributed by atoms with Gasteiger partial charge in [0.2, 0.25) is 0 Å². The van der Waals surface area contributed by atoms with Crippen LogP contribution in [0.3, 0.4) is 0 Å². The van der Waals surface area contributed by atoms with Gasteiger partial charge in [0.1, 0.15) is 0 Å². The van der Waals surface area contributed by atoms with Crippen LogP contribution in [0.5, 0.6) is 0 Å². The molecular formula is C18H20N4O. The molecule has 1 amide bonds. The highest BCUT2D eigenvalue weighted by molar-refractivity contribution is 6.10. The van der Waals surface area contributed by atoms with Crippen molar-refractivity contribution in [2.24, 2.45) is 0 Å². The molecule has 0 saturated heterocycles. The standard InChI is InChI=1S/C18H20N4O/c1-5-22-13(4)16(12(3)21-22)18(23)20-15-9-8-11(2)17-14(15)7-6-10-19-17/h6-10H,5H2,1-4H3,(H,20,23). The molecule has 3 aromatic rings. The molecule has 1 N–H and O–H groups in total. The molecule has 5 nitrogen and oxygen atoms in total. The van der Waals surface area contributed by atoms with Crippen LogP contribution in [0.4, 0.5) is 5.69 Å². The molecule has 118 valence electrons. The molecule has 2 heterocycles. The molecule has 0 unspecified atom stereocenters. The van der Waals surface area contributed by atoms with Crippen molar-refractivity contribution in [1.29, 1.82) is 0 Å². The summed E-state index contributed by atoms with van der Waals surface area (Å²) in [6.45, 7) is 8.56. The third-order valence-electron chi connectivity index (χ3n) is 4.13. The third kappa shape index (κ3) is 2.59. The normalized spacial score (nSPS) is 11.0. The Morgan fingerprint density at radius 1 is 1.22 bits per heavy atom. The number of aryl methyl sites for hydroxylation is 3.